The fourth-order valence-corrected chi connectivity index (χ4v) is 1.38. The first-order valence-electron chi connectivity index (χ1n) is 1.63. The standard InChI is InChI=1S/6K.O7Si2.H2O/c;;;;;;1-8(2,3)7-9(4,5)6;/h;;;;;;;1H2/q6*+1;-6;. The molecule has 0 aromatic heterocycles. The van der Waals surface area contributed by atoms with Gasteiger partial charge in [-0.15, -0.1) is 18.1 Å². The third kappa shape index (κ3) is 49.6. The van der Waals surface area contributed by atoms with Crippen LogP contribution in [-0.2, 0) is 4.12 Å². The maximum absolute atomic E-state index is 9.36. The molecule has 2 N–H and O–H groups in total. The SMILES string of the molecule is O.[K+].[K+].[K+].[K+].[K+].[K+].[O-][Si]([O-])([O-])O[Si]([O-])([O-])[O-]. The van der Waals surface area contributed by atoms with Crippen LogP contribution >= 0.6 is 0 Å². The molecule has 0 saturated carbocycles. The Morgan fingerprint density at radius 2 is 0.625 bits per heavy atom. The largest absolute Gasteiger partial charge is 1.00 e. The zero-order chi connectivity index (χ0) is 7.71. The first-order valence-corrected chi connectivity index (χ1v) is 4.90. The quantitative estimate of drug-likeness (QED) is 0.397. The van der Waals surface area contributed by atoms with E-state index in [-0.39, 0.29) is 314 Å². The van der Waals surface area contributed by atoms with E-state index in [0.717, 1.165) is 0 Å². The summed E-state index contributed by atoms with van der Waals surface area (Å²) in [5.41, 5.74) is 0. The van der Waals surface area contributed by atoms with Crippen molar-refractivity contribution in [3.05, 3.63) is 0 Å². The first-order chi connectivity index (χ1) is 3.71. The predicted molar refractivity (Wildman–Crippen MR) is 16.2 cm³/mol. The van der Waals surface area contributed by atoms with E-state index < -0.39 is 18.1 Å². The van der Waals surface area contributed by atoms with Gasteiger partial charge in [0.05, 0.1) is 0 Å². The first kappa shape index (κ1) is 50.1. The van der Waals surface area contributed by atoms with E-state index in [1.807, 2.05) is 0 Å². The van der Waals surface area contributed by atoms with Crippen molar-refractivity contribution in [3.63, 3.8) is 0 Å². The summed E-state index contributed by atoms with van der Waals surface area (Å²) in [6.07, 6.45) is 0. The molecule has 0 heterocycles. The summed E-state index contributed by atoms with van der Waals surface area (Å²) in [5, 5.41) is 0. The molecule has 16 heavy (non-hydrogen) atoms. The van der Waals surface area contributed by atoms with Crippen molar-refractivity contribution in [2.75, 3.05) is 0 Å². The molecule has 0 bridgehead atoms. The predicted octanol–water partition coefficient (Wildman–Crippen LogP) is -26.8. The molecule has 0 aliphatic heterocycles. The fraction of sp³-hybridized carbons (Fsp3) is 0. The molecule has 0 radical (unpaired) electrons. The molecule has 0 saturated heterocycles. The maximum atomic E-state index is 9.36. The van der Waals surface area contributed by atoms with Crippen molar-refractivity contribution in [3.8, 4) is 0 Å². The van der Waals surface area contributed by atoms with Gasteiger partial charge in [-0.1, -0.05) is 0 Å². The van der Waals surface area contributed by atoms with Gasteiger partial charge in [-0.3, -0.25) is 0 Å². The average molecular weight is 421 g/mol. The molecule has 0 atom stereocenters. The Morgan fingerprint density at radius 3 is 0.625 bits per heavy atom. The summed E-state index contributed by atoms with van der Waals surface area (Å²) in [6, 6.07) is 0. The molecule has 0 spiro atoms. The van der Waals surface area contributed by atoms with Gasteiger partial charge in [0, 0.05) is 0 Å². The molecule has 0 aromatic rings. The minimum Gasteiger partial charge on any atom is -0.862 e. The second kappa shape index (κ2) is 27.2. The van der Waals surface area contributed by atoms with Gasteiger partial charge < -0.3 is 38.4 Å². The molecular weight excluding hydrogens is 419 g/mol. The van der Waals surface area contributed by atoms with Crippen molar-refractivity contribution in [1.82, 2.24) is 0 Å². The molecule has 0 fully saturated rings. The minimum absolute atomic E-state index is 0. The van der Waals surface area contributed by atoms with E-state index in [1.54, 1.807) is 0 Å². The van der Waals surface area contributed by atoms with E-state index in [9.17, 15) is 28.8 Å². The zero-order valence-corrected chi connectivity index (χ0v) is 31.1. The molecular formula is H2K6O8Si2. The van der Waals surface area contributed by atoms with Gasteiger partial charge in [0.2, 0.25) is 0 Å². The van der Waals surface area contributed by atoms with E-state index in [1.165, 1.54) is 0 Å². The Labute approximate surface area is 351 Å². The maximum Gasteiger partial charge on any atom is 1.00 e. The number of hydrogen-bond donors (Lipinski definition) is 0. The smallest absolute Gasteiger partial charge is 0.862 e. The van der Waals surface area contributed by atoms with E-state index in [2.05, 4.69) is 4.12 Å². The van der Waals surface area contributed by atoms with Crippen LogP contribution in [0, 0.1) is 0 Å². The van der Waals surface area contributed by atoms with E-state index >= 15 is 0 Å². The number of rotatable bonds is 2. The Bertz CT molecular complexity index is 87.7. The molecule has 0 unspecified atom stereocenters. The third-order valence-corrected chi connectivity index (χ3v) is 2.25. The van der Waals surface area contributed by atoms with Crippen LogP contribution in [0.25, 0.3) is 0 Å². The Hall–Kier alpha value is 9.93. The topological polar surface area (TPSA) is 179 Å². The van der Waals surface area contributed by atoms with Crippen molar-refractivity contribution in [2.45, 2.75) is 0 Å². The van der Waals surface area contributed by atoms with Crippen molar-refractivity contribution < 1.29 is 347 Å². The van der Waals surface area contributed by atoms with Crippen molar-refractivity contribution >= 4 is 18.1 Å². The monoisotopic (exact) mass is 420 g/mol. The van der Waals surface area contributed by atoms with Gasteiger partial charge in [-0.25, -0.2) is 0 Å². The minimum atomic E-state index is -5.92. The Balaban J connectivity index is -0.0000000152. The molecule has 0 aliphatic carbocycles. The van der Waals surface area contributed by atoms with Crippen LogP contribution in [0.2, 0.25) is 0 Å². The van der Waals surface area contributed by atoms with Crippen LogP contribution in [0.4, 0.5) is 0 Å². The van der Waals surface area contributed by atoms with Crippen LogP contribution in [0.1, 0.15) is 0 Å². The second-order valence-electron chi connectivity index (χ2n) is 1.10. The van der Waals surface area contributed by atoms with Gasteiger partial charge in [-0.2, -0.15) is 0 Å². The van der Waals surface area contributed by atoms with Crippen LogP contribution in [0.15, 0.2) is 0 Å². The van der Waals surface area contributed by atoms with Gasteiger partial charge in [0.25, 0.3) is 0 Å². The Morgan fingerprint density at radius 1 is 0.500 bits per heavy atom. The van der Waals surface area contributed by atoms with Gasteiger partial charge in [0.15, 0.2) is 0 Å². The summed E-state index contributed by atoms with van der Waals surface area (Å²) in [4.78, 5) is 56.2. The van der Waals surface area contributed by atoms with Crippen LogP contribution in [0.5, 0.6) is 0 Å². The fourth-order valence-electron chi connectivity index (χ4n) is 0.153. The van der Waals surface area contributed by atoms with Crippen LogP contribution in [-0.4, -0.2) is 23.6 Å². The summed E-state index contributed by atoms with van der Waals surface area (Å²) >= 11 is 0. The van der Waals surface area contributed by atoms with Crippen molar-refractivity contribution in [2.24, 2.45) is 0 Å². The van der Waals surface area contributed by atoms with E-state index in [4.69, 9.17) is 0 Å². The van der Waals surface area contributed by atoms with Crippen LogP contribution in [0.3, 0.4) is 0 Å². The average Bonchev–Trinajstić information content (AvgIpc) is 1.14. The molecule has 0 amide bonds. The van der Waals surface area contributed by atoms with Gasteiger partial charge in [0.1, 0.15) is 0 Å². The molecule has 8 nitrogen and oxygen atoms in total. The molecule has 0 rings (SSSR count). The molecule has 0 aliphatic rings. The zero-order valence-electron chi connectivity index (χ0n) is 10.4. The summed E-state index contributed by atoms with van der Waals surface area (Å²) in [5.74, 6) is 0. The summed E-state index contributed by atoms with van der Waals surface area (Å²) in [6.45, 7) is 0. The second-order valence-corrected chi connectivity index (χ2v) is 3.92. The normalized spacial score (nSPS) is 7.88. The van der Waals surface area contributed by atoms with Crippen LogP contribution < -0.4 is 337 Å². The molecule has 16 heteroatoms. The summed E-state index contributed by atoms with van der Waals surface area (Å²) in [7, 11) is -11.8. The number of hydrogen-bond acceptors (Lipinski definition) is 7. The third-order valence-electron chi connectivity index (χ3n) is 0.250. The van der Waals surface area contributed by atoms with Gasteiger partial charge >= 0.3 is 308 Å². The summed E-state index contributed by atoms with van der Waals surface area (Å²) < 4.78 is 2.57. The molecule has 64 valence electrons. The van der Waals surface area contributed by atoms with Crippen molar-refractivity contribution in [1.29, 1.82) is 0 Å². The molecule has 0 aromatic carbocycles. The van der Waals surface area contributed by atoms with E-state index in [0.29, 0.717) is 0 Å². The van der Waals surface area contributed by atoms with Gasteiger partial charge in [-0.05, 0) is 0 Å². The Kier molecular flexibility index (Phi) is 85.1.